The van der Waals surface area contributed by atoms with Crippen LogP contribution in [0.25, 0.3) is 11.0 Å². The summed E-state index contributed by atoms with van der Waals surface area (Å²) in [6.07, 6.45) is 6.59. The maximum atomic E-state index is 5.97. The molecule has 1 aliphatic rings. The van der Waals surface area contributed by atoms with Crippen LogP contribution < -0.4 is 0 Å². The van der Waals surface area contributed by atoms with E-state index in [4.69, 9.17) is 11.6 Å². The topological polar surface area (TPSA) is 28.7 Å². The Morgan fingerprint density at radius 1 is 1.19 bits per heavy atom. The van der Waals surface area contributed by atoms with Gasteiger partial charge in [-0.25, -0.2) is 4.98 Å². The van der Waals surface area contributed by atoms with Gasteiger partial charge in [-0.05, 0) is 31.0 Å². The largest absolute Gasteiger partial charge is 0.342 e. The molecule has 1 fully saturated rings. The van der Waals surface area contributed by atoms with E-state index in [0.29, 0.717) is 5.92 Å². The van der Waals surface area contributed by atoms with Crippen molar-refractivity contribution < 1.29 is 0 Å². The Kier molecular flexibility index (Phi) is 2.60. The average Bonchev–Trinajstić information content (AvgIpc) is 2.73. The minimum atomic E-state index is 0.625. The number of halogens is 1. The lowest BCUT2D eigenvalue weighted by Crippen LogP contribution is -2.05. The molecule has 1 heterocycles. The second-order valence-corrected chi connectivity index (χ2v) is 5.05. The smallest absolute Gasteiger partial charge is 0.110 e. The van der Waals surface area contributed by atoms with Crippen molar-refractivity contribution in [3.05, 3.63) is 29.0 Å². The molecule has 0 atom stereocenters. The van der Waals surface area contributed by atoms with Crippen LogP contribution in [0, 0.1) is 0 Å². The maximum absolute atomic E-state index is 5.97. The van der Waals surface area contributed by atoms with E-state index in [9.17, 15) is 0 Å². The number of aromatic amines is 1. The van der Waals surface area contributed by atoms with E-state index in [2.05, 4.69) is 9.97 Å². The highest BCUT2D eigenvalue weighted by Gasteiger charge is 2.18. The van der Waals surface area contributed by atoms with E-state index >= 15 is 0 Å². The molecule has 84 valence electrons. The molecule has 1 aromatic heterocycles. The Bertz CT molecular complexity index is 498. The highest BCUT2D eigenvalue weighted by Crippen LogP contribution is 2.32. The van der Waals surface area contributed by atoms with Crippen LogP contribution >= 0.6 is 11.6 Å². The second-order valence-electron chi connectivity index (χ2n) is 4.62. The van der Waals surface area contributed by atoms with Gasteiger partial charge in [-0.1, -0.05) is 30.9 Å². The summed E-state index contributed by atoms with van der Waals surface area (Å²) in [7, 11) is 0. The zero-order chi connectivity index (χ0) is 11.0. The highest BCUT2D eigenvalue weighted by molar-refractivity contribution is 6.31. The third-order valence-corrected chi connectivity index (χ3v) is 3.69. The molecule has 1 saturated carbocycles. The van der Waals surface area contributed by atoms with Gasteiger partial charge in [0.25, 0.3) is 0 Å². The van der Waals surface area contributed by atoms with Crippen molar-refractivity contribution in [2.24, 2.45) is 0 Å². The summed E-state index contributed by atoms with van der Waals surface area (Å²) in [5.74, 6) is 1.77. The second kappa shape index (κ2) is 4.10. The van der Waals surface area contributed by atoms with Gasteiger partial charge >= 0.3 is 0 Å². The van der Waals surface area contributed by atoms with Gasteiger partial charge < -0.3 is 4.98 Å². The first-order chi connectivity index (χ1) is 7.83. The molecule has 3 heteroatoms. The molecule has 1 aliphatic carbocycles. The van der Waals surface area contributed by atoms with Crippen LogP contribution in [0.5, 0.6) is 0 Å². The van der Waals surface area contributed by atoms with Crippen molar-refractivity contribution in [2.45, 2.75) is 38.0 Å². The Hall–Kier alpha value is -1.02. The zero-order valence-corrected chi connectivity index (χ0v) is 9.93. The van der Waals surface area contributed by atoms with Crippen molar-refractivity contribution in [2.75, 3.05) is 0 Å². The predicted octanol–water partition coefficient (Wildman–Crippen LogP) is 4.26. The van der Waals surface area contributed by atoms with E-state index in [1.54, 1.807) is 0 Å². The molecular formula is C13H15ClN2. The van der Waals surface area contributed by atoms with Crippen LogP contribution in [-0.4, -0.2) is 9.97 Å². The van der Waals surface area contributed by atoms with Crippen molar-refractivity contribution in [3.63, 3.8) is 0 Å². The molecule has 2 aromatic rings. The Balaban J connectivity index is 1.97. The van der Waals surface area contributed by atoms with Crippen LogP contribution in [0.1, 0.15) is 43.8 Å². The summed E-state index contributed by atoms with van der Waals surface area (Å²) in [5, 5.41) is 0.770. The first kappa shape index (κ1) is 10.2. The van der Waals surface area contributed by atoms with E-state index in [1.807, 2.05) is 18.2 Å². The lowest BCUT2D eigenvalue weighted by molar-refractivity contribution is 0.431. The van der Waals surface area contributed by atoms with Gasteiger partial charge in [-0.3, -0.25) is 0 Å². The Labute approximate surface area is 100 Å². The minimum absolute atomic E-state index is 0.625. The fourth-order valence-corrected chi connectivity index (χ4v) is 2.74. The molecule has 0 radical (unpaired) electrons. The third kappa shape index (κ3) is 1.82. The Morgan fingerprint density at radius 3 is 2.81 bits per heavy atom. The molecule has 1 aromatic carbocycles. The van der Waals surface area contributed by atoms with E-state index in [1.165, 1.54) is 32.1 Å². The number of hydrogen-bond donors (Lipinski definition) is 1. The molecular weight excluding hydrogens is 220 g/mol. The van der Waals surface area contributed by atoms with Gasteiger partial charge in [-0.15, -0.1) is 0 Å². The van der Waals surface area contributed by atoms with Gasteiger partial charge in [-0.2, -0.15) is 0 Å². The Morgan fingerprint density at radius 2 is 2.00 bits per heavy atom. The van der Waals surface area contributed by atoms with Crippen molar-refractivity contribution >= 4 is 22.6 Å². The normalized spacial score (nSPS) is 18.1. The van der Waals surface area contributed by atoms with Gasteiger partial charge in [0.2, 0.25) is 0 Å². The summed E-state index contributed by atoms with van der Waals surface area (Å²) in [6.45, 7) is 0. The van der Waals surface area contributed by atoms with E-state index in [0.717, 1.165) is 21.9 Å². The van der Waals surface area contributed by atoms with Crippen LogP contribution in [0.4, 0.5) is 0 Å². The number of benzene rings is 1. The van der Waals surface area contributed by atoms with Gasteiger partial charge in [0.05, 0.1) is 11.0 Å². The van der Waals surface area contributed by atoms with Gasteiger partial charge in [0.1, 0.15) is 5.82 Å². The lowest BCUT2D eigenvalue weighted by atomic mass is 9.89. The number of rotatable bonds is 1. The molecule has 0 aliphatic heterocycles. The molecule has 0 amide bonds. The van der Waals surface area contributed by atoms with Crippen LogP contribution in [-0.2, 0) is 0 Å². The molecule has 16 heavy (non-hydrogen) atoms. The zero-order valence-electron chi connectivity index (χ0n) is 9.17. The molecule has 3 rings (SSSR count). The van der Waals surface area contributed by atoms with E-state index in [-0.39, 0.29) is 0 Å². The van der Waals surface area contributed by atoms with Crippen LogP contribution in [0.3, 0.4) is 0 Å². The summed E-state index contributed by atoms with van der Waals surface area (Å²) < 4.78 is 0. The summed E-state index contributed by atoms with van der Waals surface area (Å²) in [6, 6.07) is 5.84. The first-order valence-corrected chi connectivity index (χ1v) is 6.36. The van der Waals surface area contributed by atoms with Crippen LogP contribution in [0.15, 0.2) is 18.2 Å². The minimum Gasteiger partial charge on any atom is -0.342 e. The lowest BCUT2D eigenvalue weighted by Gasteiger charge is -2.18. The maximum Gasteiger partial charge on any atom is 0.110 e. The number of nitrogens with one attached hydrogen (secondary N) is 1. The standard InChI is InChI=1S/C13H15ClN2/c14-10-6-7-11-12(8-10)16-13(15-11)9-4-2-1-3-5-9/h6-9H,1-5H2,(H,15,16). The molecule has 2 nitrogen and oxygen atoms in total. The first-order valence-electron chi connectivity index (χ1n) is 5.98. The van der Waals surface area contributed by atoms with Crippen molar-refractivity contribution in [1.29, 1.82) is 0 Å². The number of fused-ring (bicyclic) bond motifs is 1. The summed E-state index contributed by atoms with van der Waals surface area (Å²) >= 11 is 5.97. The molecule has 1 N–H and O–H groups in total. The SMILES string of the molecule is Clc1ccc2nc(C3CCCCC3)[nH]c2c1. The van der Waals surface area contributed by atoms with Gasteiger partial charge in [0, 0.05) is 10.9 Å². The number of H-pyrrole nitrogens is 1. The summed E-state index contributed by atoms with van der Waals surface area (Å²) in [5.41, 5.74) is 2.10. The average molecular weight is 235 g/mol. The van der Waals surface area contributed by atoms with Crippen molar-refractivity contribution in [3.8, 4) is 0 Å². The quantitative estimate of drug-likeness (QED) is 0.785. The molecule has 0 unspecified atom stereocenters. The number of aromatic nitrogens is 2. The third-order valence-electron chi connectivity index (χ3n) is 3.45. The summed E-state index contributed by atoms with van der Waals surface area (Å²) in [4.78, 5) is 8.07. The molecule has 0 spiro atoms. The fourth-order valence-electron chi connectivity index (χ4n) is 2.57. The van der Waals surface area contributed by atoms with Gasteiger partial charge in [0.15, 0.2) is 0 Å². The highest BCUT2D eigenvalue weighted by atomic mass is 35.5. The number of nitrogens with zero attached hydrogens (tertiary/aromatic N) is 1. The van der Waals surface area contributed by atoms with E-state index < -0.39 is 0 Å². The number of hydrogen-bond acceptors (Lipinski definition) is 1. The van der Waals surface area contributed by atoms with Crippen LogP contribution in [0.2, 0.25) is 5.02 Å². The molecule has 0 saturated heterocycles. The molecule has 0 bridgehead atoms. The fraction of sp³-hybridized carbons (Fsp3) is 0.462. The predicted molar refractivity (Wildman–Crippen MR) is 66.9 cm³/mol. The van der Waals surface area contributed by atoms with Crippen molar-refractivity contribution in [1.82, 2.24) is 9.97 Å². The number of imidazole rings is 1. The monoisotopic (exact) mass is 234 g/mol.